The van der Waals surface area contributed by atoms with Crippen molar-refractivity contribution in [1.29, 1.82) is 0 Å². The molecule has 1 atom stereocenters. The zero-order chi connectivity index (χ0) is 20.7. The highest BCUT2D eigenvalue weighted by Gasteiger charge is 2.26. The van der Waals surface area contributed by atoms with Gasteiger partial charge in [-0.2, -0.15) is 0 Å². The molecule has 1 heterocycles. The van der Waals surface area contributed by atoms with Gasteiger partial charge < -0.3 is 20.7 Å². The zero-order valence-electron chi connectivity index (χ0n) is 16.3. The molecule has 1 saturated heterocycles. The molecule has 152 valence electrons. The van der Waals surface area contributed by atoms with E-state index >= 15 is 0 Å². The molecule has 0 bridgehead atoms. The number of esters is 1. The van der Waals surface area contributed by atoms with Gasteiger partial charge in [-0.3, -0.25) is 19.2 Å². The normalized spacial score (nSPS) is 15.6. The van der Waals surface area contributed by atoms with Crippen molar-refractivity contribution in [1.82, 2.24) is 10.2 Å². The minimum atomic E-state index is -0.570. The number of primary amides is 1. The lowest BCUT2D eigenvalue weighted by Gasteiger charge is -2.30. The third kappa shape index (κ3) is 6.37. The van der Waals surface area contributed by atoms with Gasteiger partial charge in [-0.05, 0) is 25.3 Å². The Morgan fingerprint density at radius 1 is 1.18 bits per heavy atom. The molecule has 3 N–H and O–H groups in total. The lowest BCUT2D eigenvalue weighted by Crippen LogP contribution is -2.43. The largest absolute Gasteiger partial charge is 0.455 e. The van der Waals surface area contributed by atoms with E-state index in [1.807, 2.05) is 31.2 Å². The van der Waals surface area contributed by atoms with Gasteiger partial charge in [-0.15, -0.1) is 0 Å². The zero-order valence-corrected chi connectivity index (χ0v) is 16.3. The minimum Gasteiger partial charge on any atom is -0.455 e. The number of rotatable bonds is 7. The number of amides is 3. The average molecular weight is 389 g/mol. The second kappa shape index (κ2) is 9.87. The molecule has 0 aromatic heterocycles. The quantitative estimate of drug-likeness (QED) is 0.670. The highest BCUT2D eigenvalue weighted by molar-refractivity contribution is 5.82. The number of nitrogens with one attached hydrogen (secondary N) is 1. The average Bonchev–Trinajstić information content (AvgIpc) is 2.66. The summed E-state index contributed by atoms with van der Waals surface area (Å²) in [6.45, 7) is 3.81. The van der Waals surface area contributed by atoms with E-state index in [1.165, 1.54) is 6.92 Å². The number of nitrogens with zero attached hydrogens (tertiary/aromatic N) is 1. The molecule has 28 heavy (non-hydrogen) atoms. The standard InChI is InChI=1S/C20H27N3O5/c1-13-3-5-15(6-4-13)17(22-14(2)24)11-19(26)28-12-18(25)23-9-7-16(8-10-23)20(21)27/h3-6,16-17H,7-12H2,1-2H3,(H2,21,27)(H,22,24). The maximum atomic E-state index is 12.2. The summed E-state index contributed by atoms with van der Waals surface area (Å²) in [7, 11) is 0. The van der Waals surface area contributed by atoms with Crippen LogP contribution in [0.5, 0.6) is 0 Å². The molecule has 3 amide bonds. The van der Waals surface area contributed by atoms with Crippen molar-refractivity contribution in [2.45, 2.75) is 39.2 Å². The molecular formula is C20H27N3O5. The Labute approximate surface area is 164 Å². The van der Waals surface area contributed by atoms with E-state index in [1.54, 1.807) is 4.90 Å². The third-order valence-electron chi connectivity index (χ3n) is 4.83. The molecule has 0 saturated carbocycles. The monoisotopic (exact) mass is 389 g/mol. The Balaban J connectivity index is 1.85. The number of benzene rings is 1. The van der Waals surface area contributed by atoms with E-state index in [9.17, 15) is 19.2 Å². The Bertz CT molecular complexity index is 724. The summed E-state index contributed by atoms with van der Waals surface area (Å²) in [6.07, 6.45) is 0.972. The van der Waals surface area contributed by atoms with Gasteiger partial charge in [0.05, 0.1) is 12.5 Å². The fourth-order valence-electron chi connectivity index (χ4n) is 3.17. The van der Waals surface area contributed by atoms with Gasteiger partial charge in [-0.1, -0.05) is 29.8 Å². The molecule has 1 aliphatic heterocycles. The number of nitrogens with two attached hydrogens (primary N) is 1. The van der Waals surface area contributed by atoms with E-state index in [-0.39, 0.29) is 36.7 Å². The van der Waals surface area contributed by atoms with Crippen LogP contribution in [-0.4, -0.2) is 48.3 Å². The summed E-state index contributed by atoms with van der Waals surface area (Å²) >= 11 is 0. The van der Waals surface area contributed by atoms with Crippen LogP contribution in [0, 0.1) is 12.8 Å². The molecule has 0 radical (unpaired) electrons. The Morgan fingerprint density at radius 3 is 2.32 bits per heavy atom. The fraction of sp³-hybridized carbons (Fsp3) is 0.500. The van der Waals surface area contributed by atoms with Gasteiger partial charge in [0.25, 0.3) is 5.91 Å². The molecule has 8 nitrogen and oxygen atoms in total. The third-order valence-corrected chi connectivity index (χ3v) is 4.83. The maximum Gasteiger partial charge on any atom is 0.308 e. The minimum absolute atomic E-state index is 0.0698. The van der Waals surface area contributed by atoms with Crippen LogP contribution >= 0.6 is 0 Å². The van der Waals surface area contributed by atoms with Crippen molar-refractivity contribution < 1.29 is 23.9 Å². The number of carbonyl (C=O) groups excluding carboxylic acids is 4. The Hall–Kier alpha value is -2.90. The summed E-state index contributed by atoms with van der Waals surface area (Å²) in [5.74, 6) is -1.69. The van der Waals surface area contributed by atoms with E-state index in [0.717, 1.165) is 11.1 Å². The van der Waals surface area contributed by atoms with Crippen LogP contribution < -0.4 is 11.1 Å². The predicted octanol–water partition coefficient (Wildman–Crippen LogP) is 0.829. The van der Waals surface area contributed by atoms with Crippen molar-refractivity contribution in [3.05, 3.63) is 35.4 Å². The van der Waals surface area contributed by atoms with Crippen molar-refractivity contribution in [2.24, 2.45) is 11.7 Å². The first-order valence-corrected chi connectivity index (χ1v) is 9.32. The van der Waals surface area contributed by atoms with Crippen LogP contribution in [0.15, 0.2) is 24.3 Å². The SMILES string of the molecule is CC(=O)NC(CC(=O)OCC(=O)N1CCC(C(N)=O)CC1)c1ccc(C)cc1. The number of aryl methyl sites for hydroxylation is 1. The lowest BCUT2D eigenvalue weighted by molar-refractivity contribution is -0.153. The van der Waals surface area contributed by atoms with Crippen LogP contribution in [-0.2, 0) is 23.9 Å². The van der Waals surface area contributed by atoms with Gasteiger partial charge in [0.15, 0.2) is 6.61 Å². The first-order valence-electron chi connectivity index (χ1n) is 9.32. The van der Waals surface area contributed by atoms with Crippen LogP contribution in [0.2, 0.25) is 0 Å². The predicted molar refractivity (Wildman–Crippen MR) is 102 cm³/mol. The first-order chi connectivity index (χ1) is 13.3. The summed E-state index contributed by atoms with van der Waals surface area (Å²) in [5, 5.41) is 2.73. The number of ether oxygens (including phenoxy) is 1. The maximum absolute atomic E-state index is 12.2. The number of hydrogen-bond donors (Lipinski definition) is 2. The number of carbonyl (C=O) groups is 4. The Morgan fingerprint density at radius 2 is 1.79 bits per heavy atom. The fourth-order valence-corrected chi connectivity index (χ4v) is 3.17. The van der Waals surface area contributed by atoms with Gasteiger partial charge in [0.1, 0.15) is 0 Å². The molecule has 0 spiro atoms. The summed E-state index contributed by atoms with van der Waals surface area (Å²) in [5.41, 5.74) is 7.14. The van der Waals surface area contributed by atoms with E-state index in [0.29, 0.717) is 25.9 Å². The molecular weight excluding hydrogens is 362 g/mol. The highest BCUT2D eigenvalue weighted by atomic mass is 16.5. The van der Waals surface area contributed by atoms with Crippen molar-refractivity contribution in [3.8, 4) is 0 Å². The molecule has 1 aromatic carbocycles. The second-order valence-corrected chi connectivity index (χ2v) is 7.09. The van der Waals surface area contributed by atoms with Crippen molar-refractivity contribution >= 4 is 23.7 Å². The van der Waals surface area contributed by atoms with E-state index in [2.05, 4.69) is 5.32 Å². The van der Waals surface area contributed by atoms with Crippen LogP contribution in [0.3, 0.4) is 0 Å². The van der Waals surface area contributed by atoms with Crippen LogP contribution in [0.25, 0.3) is 0 Å². The molecule has 2 rings (SSSR count). The number of likely N-dealkylation sites (tertiary alicyclic amines) is 1. The van der Waals surface area contributed by atoms with Crippen LogP contribution in [0.4, 0.5) is 0 Å². The van der Waals surface area contributed by atoms with Gasteiger partial charge >= 0.3 is 5.97 Å². The number of piperidine rings is 1. The number of hydrogen-bond acceptors (Lipinski definition) is 5. The summed E-state index contributed by atoms with van der Waals surface area (Å²) < 4.78 is 5.12. The summed E-state index contributed by atoms with van der Waals surface area (Å²) in [4.78, 5) is 48.6. The molecule has 1 unspecified atom stereocenters. The van der Waals surface area contributed by atoms with E-state index in [4.69, 9.17) is 10.5 Å². The Kier molecular flexibility index (Phi) is 7.54. The molecule has 0 aliphatic carbocycles. The smallest absolute Gasteiger partial charge is 0.308 e. The van der Waals surface area contributed by atoms with Crippen molar-refractivity contribution in [2.75, 3.05) is 19.7 Å². The van der Waals surface area contributed by atoms with Gasteiger partial charge in [0.2, 0.25) is 11.8 Å². The first kappa shape index (κ1) is 21.4. The molecule has 1 aliphatic rings. The molecule has 1 fully saturated rings. The highest BCUT2D eigenvalue weighted by Crippen LogP contribution is 2.19. The van der Waals surface area contributed by atoms with Gasteiger partial charge in [-0.25, -0.2) is 0 Å². The molecule has 1 aromatic rings. The molecule has 8 heteroatoms. The topological polar surface area (TPSA) is 119 Å². The van der Waals surface area contributed by atoms with Crippen LogP contribution in [0.1, 0.15) is 43.4 Å². The summed E-state index contributed by atoms with van der Waals surface area (Å²) in [6, 6.07) is 6.96. The van der Waals surface area contributed by atoms with E-state index < -0.39 is 12.0 Å². The lowest BCUT2D eigenvalue weighted by atomic mass is 9.96. The second-order valence-electron chi connectivity index (χ2n) is 7.09. The van der Waals surface area contributed by atoms with Gasteiger partial charge in [0, 0.05) is 25.9 Å². The van der Waals surface area contributed by atoms with Crippen molar-refractivity contribution in [3.63, 3.8) is 0 Å².